The predicted octanol–water partition coefficient (Wildman–Crippen LogP) is 2.12. The third-order valence-electron chi connectivity index (χ3n) is 3.08. The molecule has 21 heavy (non-hydrogen) atoms. The Morgan fingerprint density at radius 3 is 2.43 bits per heavy atom. The van der Waals surface area contributed by atoms with Crippen molar-refractivity contribution in [1.29, 1.82) is 0 Å². The molecule has 1 aromatic carbocycles. The standard InChI is InChI=1S/C16H24N2O3/c1-12(2)9-10-17-16(20)18-14(15(19)21-3)11-13-7-5-4-6-8-13/h4-8,12,14H,9-11H2,1-3H3,(H2,17,18,20)/t14-/m0/s1. The van der Waals surface area contributed by atoms with E-state index in [9.17, 15) is 9.59 Å². The highest BCUT2D eigenvalue weighted by Gasteiger charge is 2.21. The van der Waals surface area contributed by atoms with Gasteiger partial charge in [-0.3, -0.25) is 0 Å². The van der Waals surface area contributed by atoms with Crippen LogP contribution in [0.3, 0.4) is 0 Å². The van der Waals surface area contributed by atoms with Crippen molar-refractivity contribution in [2.75, 3.05) is 13.7 Å². The Labute approximate surface area is 126 Å². The number of methoxy groups -OCH3 is 1. The SMILES string of the molecule is COC(=O)[C@H](Cc1ccccc1)NC(=O)NCCC(C)C. The quantitative estimate of drug-likeness (QED) is 0.756. The molecule has 0 aliphatic carbocycles. The molecule has 0 saturated heterocycles. The summed E-state index contributed by atoms with van der Waals surface area (Å²) >= 11 is 0. The van der Waals surface area contributed by atoms with Crippen LogP contribution < -0.4 is 10.6 Å². The van der Waals surface area contributed by atoms with Gasteiger partial charge in [0.2, 0.25) is 0 Å². The molecule has 2 amide bonds. The molecule has 5 nitrogen and oxygen atoms in total. The van der Waals surface area contributed by atoms with Gasteiger partial charge in [0.1, 0.15) is 6.04 Å². The summed E-state index contributed by atoms with van der Waals surface area (Å²) in [5.74, 6) is 0.0730. The van der Waals surface area contributed by atoms with Crippen molar-refractivity contribution in [3.63, 3.8) is 0 Å². The van der Waals surface area contributed by atoms with Crippen LogP contribution in [0.1, 0.15) is 25.8 Å². The molecular weight excluding hydrogens is 268 g/mol. The lowest BCUT2D eigenvalue weighted by atomic mass is 10.1. The molecule has 116 valence electrons. The highest BCUT2D eigenvalue weighted by molar-refractivity contribution is 5.83. The molecule has 5 heteroatoms. The van der Waals surface area contributed by atoms with E-state index in [1.807, 2.05) is 30.3 Å². The molecule has 0 aliphatic heterocycles. The number of benzene rings is 1. The summed E-state index contributed by atoms with van der Waals surface area (Å²) in [4.78, 5) is 23.6. The lowest BCUT2D eigenvalue weighted by molar-refractivity contribution is -0.142. The van der Waals surface area contributed by atoms with E-state index in [1.54, 1.807) is 0 Å². The number of rotatable bonds is 7. The van der Waals surface area contributed by atoms with Crippen molar-refractivity contribution in [3.8, 4) is 0 Å². The summed E-state index contributed by atoms with van der Waals surface area (Å²) in [6, 6.07) is 8.49. The summed E-state index contributed by atoms with van der Waals surface area (Å²) in [7, 11) is 1.32. The summed E-state index contributed by atoms with van der Waals surface area (Å²) in [6.45, 7) is 4.77. The number of ether oxygens (including phenoxy) is 1. The zero-order chi connectivity index (χ0) is 15.7. The average Bonchev–Trinajstić information content (AvgIpc) is 2.46. The Kier molecular flexibility index (Phi) is 7.29. The second-order valence-corrected chi connectivity index (χ2v) is 5.35. The highest BCUT2D eigenvalue weighted by Crippen LogP contribution is 2.04. The number of amides is 2. The van der Waals surface area contributed by atoms with Gasteiger partial charge in [-0.25, -0.2) is 9.59 Å². The van der Waals surface area contributed by atoms with Gasteiger partial charge in [0.15, 0.2) is 0 Å². The van der Waals surface area contributed by atoms with E-state index in [4.69, 9.17) is 4.74 Å². The van der Waals surface area contributed by atoms with Crippen molar-refractivity contribution < 1.29 is 14.3 Å². The number of carbonyl (C=O) groups is 2. The maximum atomic E-state index is 11.8. The number of hydrogen-bond acceptors (Lipinski definition) is 3. The first-order valence-corrected chi connectivity index (χ1v) is 7.19. The Balaban J connectivity index is 2.54. The topological polar surface area (TPSA) is 67.4 Å². The molecule has 1 atom stereocenters. The third kappa shape index (κ3) is 6.79. The van der Waals surface area contributed by atoms with Crippen LogP contribution in [0.2, 0.25) is 0 Å². The van der Waals surface area contributed by atoms with Gasteiger partial charge >= 0.3 is 12.0 Å². The summed E-state index contributed by atoms with van der Waals surface area (Å²) in [5, 5.41) is 5.42. The molecular formula is C16H24N2O3. The molecule has 0 saturated carbocycles. The largest absolute Gasteiger partial charge is 0.467 e. The molecule has 0 fully saturated rings. The predicted molar refractivity (Wildman–Crippen MR) is 81.9 cm³/mol. The molecule has 1 aromatic rings. The number of nitrogens with one attached hydrogen (secondary N) is 2. The molecule has 0 heterocycles. The molecule has 0 bridgehead atoms. The maximum absolute atomic E-state index is 11.8. The van der Waals surface area contributed by atoms with Gasteiger partial charge in [0.25, 0.3) is 0 Å². The molecule has 0 radical (unpaired) electrons. The lowest BCUT2D eigenvalue weighted by Gasteiger charge is -2.17. The number of hydrogen-bond donors (Lipinski definition) is 2. The van der Waals surface area contributed by atoms with Crippen molar-refractivity contribution in [2.45, 2.75) is 32.7 Å². The fourth-order valence-corrected chi connectivity index (χ4v) is 1.87. The van der Waals surface area contributed by atoms with E-state index in [-0.39, 0.29) is 6.03 Å². The minimum absolute atomic E-state index is 0.345. The van der Waals surface area contributed by atoms with E-state index in [1.165, 1.54) is 7.11 Å². The van der Waals surface area contributed by atoms with Crippen molar-refractivity contribution in [3.05, 3.63) is 35.9 Å². The molecule has 0 aromatic heterocycles. The van der Waals surface area contributed by atoms with Crippen LogP contribution in [0.4, 0.5) is 4.79 Å². The zero-order valence-electron chi connectivity index (χ0n) is 12.9. The lowest BCUT2D eigenvalue weighted by Crippen LogP contribution is -2.47. The Morgan fingerprint density at radius 1 is 1.19 bits per heavy atom. The smallest absolute Gasteiger partial charge is 0.328 e. The van der Waals surface area contributed by atoms with Gasteiger partial charge in [0, 0.05) is 13.0 Å². The second-order valence-electron chi connectivity index (χ2n) is 5.35. The summed E-state index contributed by atoms with van der Waals surface area (Å²) in [5.41, 5.74) is 0.968. The van der Waals surface area contributed by atoms with Gasteiger partial charge in [-0.1, -0.05) is 44.2 Å². The minimum Gasteiger partial charge on any atom is -0.467 e. The van der Waals surface area contributed by atoms with Crippen LogP contribution >= 0.6 is 0 Å². The zero-order valence-corrected chi connectivity index (χ0v) is 12.9. The second kappa shape index (κ2) is 9.00. The first-order valence-electron chi connectivity index (χ1n) is 7.19. The van der Waals surface area contributed by atoms with Gasteiger partial charge in [-0.05, 0) is 17.9 Å². The van der Waals surface area contributed by atoms with Gasteiger partial charge in [0.05, 0.1) is 7.11 Å². The maximum Gasteiger partial charge on any atom is 0.328 e. The fourth-order valence-electron chi connectivity index (χ4n) is 1.87. The first kappa shape index (κ1) is 17.0. The summed E-state index contributed by atoms with van der Waals surface area (Å²) in [6.07, 6.45) is 1.31. The summed E-state index contributed by atoms with van der Waals surface area (Å²) < 4.78 is 4.75. The molecule has 1 rings (SSSR count). The molecule has 0 unspecified atom stereocenters. The van der Waals surface area contributed by atoms with E-state index in [0.717, 1.165) is 12.0 Å². The van der Waals surface area contributed by atoms with Crippen LogP contribution in [0, 0.1) is 5.92 Å². The molecule has 0 aliphatic rings. The number of carbonyl (C=O) groups excluding carboxylic acids is 2. The van der Waals surface area contributed by atoms with Gasteiger partial charge in [-0.2, -0.15) is 0 Å². The van der Waals surface area contributed by atoms with Gasteiger partial charge in [-0.15, -0.1) is 0 Å². The molecule has 0 spiro atoms. The van der Waals surface area contributed by atoms with E-state index < -0.39 is 12.0 Å². The fraction of sp³-hybridized carbons (Fsp3) is 0.500. The van der Waals surface area contributed by atoms with Crippen LogP contribution in [-0.4, -0.2) is 31.7 Å². The van der Waals surface area contributed by atoms with Crippen molar-refractivity contribution >= 4 is 12.0 Å². The number of esters is 1. The van der Waals surface area contributed by atoms with Crippen molar-refractivity contribution in [1.82, 2.24) is 10.6 Å². The van der Waals surface area contributed by atoms with E-state index >= 15 is 0 Å². The average molecular weight is 292 g/mol. The third-order valence-corrected chi connectivity index (χ3v) is 3.08. The van der Waals surface area contributed by atoms with Crippen LogP contribution in [-0.2, 0) is 16.0 Å². The van der Waals surface area contributed by atoms with Crippen LogP contribution in [0.15, 0.2) is 30.3 Å². The Hall–Kier alpha value is -2.04. The molecule has 2 N–H and O–H groups in total. The monoisotopic (exact) mass is 292 g/mol. The number of urea groups is 1. The Bertz CT molecular complexity index is 446. The normalized spacial score (nSPS) is 11.8. The van der Waals surface area contributed by atoms with E-state index in [0.29, 0.717) is 18.9 Å². The van der Waals surface area contributed by atoms with Crippen LogP contribution in [0.5, 0.6) is 0 Å². The Morgan fingerprint density at radius 2 is 1.86 bits per heavy atom. The highest BCUT2D eigenvalue weighted by atomic mass is 16.5. The van der Waals surface area contributed by atoms with Crippen molar-refractivity contribution in [2.24, 2.45) is 5.92 Å². The van der Waals surface area contributed by atoms with Gasteiger partial charge < -0.3 is 15.4 Å². The van der Waals surface area contributed by atoms with Crippen LogP contribution in [0.25, 0.3) is 0 Å². The first-order chi connectivity index (χ1) is 10.0. The van der Waals surface area contributed by atoms with E-state index in [2.05, 4.69) is 24.5 Å². The minimum atomic E-state index is -0.684.